The minimum Gasteiger partial charge on any atom is -0.490 e. The third-order valence-corrected chi connectivity index (χ3v) is 5.81. The molecule has 0 unspecified atom stereocenters. The molecule has 0 atom stereocenters. The van der Waals surface area contributed by atoms with Crippen LogP contribution >= 0.6 is 35.6 Å². The Morgan fingerprint density at radius 1 is 1.21 bits per heavy atom. The van der Waals surface area contributed by atoms with Crippen LogP contribution in [0.2, 0.25) is 5.02 Å². The largest absolute Gasteiger partial charge is 0.490 e. The number of ether oxygens (including phenoxy) is 2. The van der Waals surface area contributed by atoms with Crippen LogP contribution in [0.1, 0.15) is 12.5 Å². The quantitative estimate of drug-likeness (QED) is 0.388. The van der Waals surface area contributed by atoms with Gasteiger partial charge in [0.2, 0.25) is 0 Å². The molecule has 0 spiro atoms. The first-order chi connectivity index (χ1) is 15.8. The molecule has 2 aromatic rings. The molecule has 1 saturated heterocycles. The number of thiocarbonyl (C=S) groups is 1. The predicted octanol–water partition coefficient (Wildman–Crippen LogP) is 4.04. The van der Waals surface area contributed by atoms with Gasteiger partial charge in [-0.1, -0.05) is 47.7 Å². The molecule has 2 amide bonds. The Labute approximate surface area is 204 Å². The summed E-state index contributed by atoms with van der Waals surface area (Å²) >= 11 is 12.1. The number of carbonyl (C=O) groups excluding carboxylic acids is 2. The molecule has 1 fully saturated rings. The molecular formula is C22H19ClN2O6S2. The molecule has 3 rings (SSSR count). The molecule has 33 heavy (non-hydrogen) atoms. The second-order valence-electron chi connectivity index (χ2n) is 6.65. The van der Waals surface area contributed by atoms with Crippen molar-refractivity contribution >= 4 is 69.4 Å². The van der Waals surface area contributed by atoms with Gasteiger partial charge in [-0.3, -0.25) is 19.3 Å². The van der Waals surface area contributed by atoms with Crippen molar-refractivity contribution in [1.82, 2.24) is 4.90 Å². The van der Waals surface area contributed by atoms with E-state index in [2.05, 4.69) is 5.32 Å². The molecular weight excluding hydrogens is 488 g/mol. The van der Waals surface area contributed by atoms with Gasteiger partial charge in [0.1, 0.15) is 10.9 Å². The zero-order valence-electron chi connectivity index (χ0n) is 17.4. The number of hydrogen-bond acceptors (Lipinski definition) is 7. The number of carboxylic acids is 1. The fraction of sp³-hybridized carbons (Fsp3) is 0.182. The van der Waals surface area contributed by atoms with Gasteiger partial charge in [0.05, 0.1) is 11.5 Å². The minimum absolute atomic E-state index is 0.185. The number of rotatable bonds is 9. The number of anilines is 1. The highest BCUT2D eigenvalue weighted by atomic mass is 35.5. The first kappa shape index (κ1) is 24.6. The predicted molar refractivity (Wildman–Crippen MR) is 131 cm³/mol. The van der Waals surface area contributed by atoms with Crippen LogP contribution in [0.15, 0.2) is 47.4 Å². The second kappa shape index (κ2) is 11.2. The molecule has 0 aromatic heterocycles. The minimum atomic E-state index is -1.15. The molecule has 1 heterocycles. The van der Waals surface area contributed by atoms with E-state index in [9.17, 15) is 14.4 Å². The lowest BCUT2D eigenvalue weighted by Crippen LogP contribution is -2.33. The van der Waals surface area contributed by atoms with Crippen LogP contribution in [0.5, 0.6) is 11.5 Å². The number of nitrogens with one attached hydrogen (secondary N) is 1. The number of halogens is 1. The number of aliphatic carboxylic acids is 1. The Balaban J connectivity index is 1.71. The van der Waals surface area contributed by atoms with Gasteiger partial charge in [-0.15, -0.1) is 0 Å². The summed E-state index contributed by atoms with van der Waals surface area (Å²) in [4.78, 5) is 37.0. The summed E-state index contributed by atoms with van der Waals surface area (Å²) in [6.45, 7) is 1.42. The van der Waals surface area contributed by atoms with E-state index in [0.29, 0.717) is 39.3 Å². The number of amides is 2. The van der Waals surface area contributed by atoms with Gasteiger partial charge in [-0.25, -0.2) is 0 Å². The van der Waals surface area contributed by atoms with Crippen molar-refractivity contribution in [3.8, 4) is 11.5 Å². The summed E-state index contributed by atoms with van der Waals surface area (Å²) in [5, 5.41) is 12.1. The highest BCUT2D eigenvalue weighted by molar-refractivity contribution is 8.26. The molecule has 8 nitrogen and oxygen atoms in total. The molecule has 0 aliphatic carbocycles. The Morgan fingerprint density at radius 2 is 2.00 bits per heavy atom. The van der Waals surface area contributed by atoms with E-state index in [0.717, 1.165) is 16.7 Å². The Morgan fingerprint density at radius 3 is 2.70 bits per heavy atom. The fourth-order valence-electron chi connectivity index (χ4n) is 2.83. The lowest BCUT2D eigenvalue weighted by molar-refractivity contribution is -0.140. The van der Waals surface area contributed by atoms with Crippen molar-refractivity contribution in [2.75, 3.05) is 25.1 Å². The Bertz CT molecular complexity index is 1140. The van der Waals surface area contributed by atoms with Gasteiger partial charge in [-0.05, 0) is 48.9 Å². The SMILES string of the molecule is CCOc1cc(/C=C2\SC(=S)N(CC(=O)O)C2=O)ccc1OCC(=O)Nc1cccc(Cl)c1. The van der Waals surface area contributed by atoms with Crippen LogP contribution in [-0.4, -0.2) is 51.9 Å². The average molecular weight is 507 g/mol. The van der Waals surface area contributed by atoms with Gasteiger partial charge >= 0.3 is 5.97 Å². The van der Waals surface area contributed by atoms with Crippen LogP contribution in [0, 0.1) is 0 Å². The standard InChI is InChI=1S/C22H19ClN2O6S2/c1-2-30-17-8-13(9-18-21(29)25(11-20(27)28)22(32)33-18)6-7-16(17)31-12-19(26)24-15-5-3-4-14(23)10-15/h3-10H,2,11-12H2,1H3,(H,24,26)(H,27,28)/b18-9-. The fourth-order valence-corrected chi connectivity index (χ4v) is 4.28. The molecule has 1 aliphatic rings. The van der Waals surface area contributed by atoms with E-state index in [4.69, 9.17) is 38.4 Å². The maximum absolute atomic E-state index is 12.5. The zero-order chi connectivity index (χ0) is 24.0. The lowest BCUT2D eigenvalue weighted by atomic mass is 10.2. The van der Waals surface area contributed by atoms with Crippen molar-refractivity contribution in [3.63, 3.8) is 0 Å². The molecule has 1 aliphatic heterocycles. The number of carbonyl (C=O) groups is 3. The first-order valence-electron chi connectivity index (χ1n) is 9.69. The normalized spacial score (nSPS) is 14.5. The smallest absolute Gasteiger partial charge is 0.323 e. The molecule has 2 aromatic carbocycles. The summed E-state index contributed by atoms with van der Waals surface area (Å²) in [5.41, 5.74) is 1.18. The number of benzene rings is 2. The van der Waals surface area contributed by atoms with Crippen molar-refractivity contribution in [2.45, 2.75) is 6.92 Å². The van der Waals surface area contributed by atoms with E-state index in [1.165, 1.54) is 0 Å². The molecule has 11 heteroatoms. The Hall–Kier alpha value is -3.08. The van der Waals surface area contributed by atoms with Crippen molar-refractivity contribution < 1.29 is 29.0 Å². The van der Waals surface area contributed by atoms with Crippen LogP contribution in [0.25, 0.3) is 6.08 Å². The maximum Gasteiger partial charge on any atom is 0.323 e. The van der Waals surface area contributed by atoms with Crippen molar-refractivity contribution in [3.05, 3.63) is 58.0 Å². The topological polar surface area (TPSA) is 105 Å². The van der Waals surface area contributed by atoms with Gasteiger partial charge < -0.3 is 19.9 Å². The summed E-state index contributed by atoms with van der Waals surface area (Å²) in [5.74, 6) is -1.24. The number of thioether (sulfide) groups is 1. The summed E-state index contributed by atoms with van der Waals surface area (Å²) in [6.07, 6.45) is 1.60. The molecule has 2 N–H and O–H groups in total. The summed E-state index contributed by atoms with van der Waals surface area (Å²) in [7, 11) is 0. The number of carboxylic acid groups (broad SMARTS) is 1. The van der Waals surface area contributed by atoms with E-state index in [-0.39, 0.29) is 16.8 Å². The van der Waals surface area contributed by atoms with E-state index in [1.807, 2.05) is 0 Å². The van der Waals surface area contributed by atoms with E-state index in [1.54, 1.807) is 55.5 Å². The van der Waals surface area contributed by atoms with E-state index >= 15 is 0 Å². The summed E-state index contributed by atoms with van der Waals surface area (Å²) in [6, 6.07) is 11.7. The zero-order valence-corrected chi connectivity index (χ0v) is 19.8. The van der Waals surface area contributed by atoms with E-state index < -0.39 is 18.4 Å². The molecule has 0 bridgehead atoms. The lowest BCUT2D eigenvalue weighted by Gasteiger charge is -2.13. The van der Waals surface area contributed by atoms with Crippen LogP contribution in [-0.2, 0) is 14.4 Å². The van der Waals surface area contributed by atoms with Gasteiger partial charge in [-0.2, -0.15) is 0 Å². The molecule has 0 radical (unpaired) electrons. The average Bonchev–Trinajstić information content (AvgIpc) is 3.00. The number of nitrogens with zero attached hydrogens (tertiary/aromatic N) is 1. The summed E-state index contributed by atoms with van der Waals surface area (Å²) < 4.78 is 11.4. The van der Waals surface area contributed by atoms with Crippen molar-refractivity contribution in [1.29, 1.82) is 0 Å². The van der Waals surface area contributed by atoms with Crippen molar-refractivity contribution in [2.24, 2.45) is 0 Å². The number of hydrogen-bond donors (Lipinski definition) is 2. The molecule has 172 valence electrons. The Kier molecular flexibility index (Phi) is 8.32. The van der Waals surface area contributed by atoms with Gasteiger partial charge in [0, 0.05) is 10.7 Å². The van der Waals surface area contributed by atoms with Crippen LogP contribution < -0.4 is 14.8 Å². The highest BCUT2D eigenvalue weighted by Gasteiger charge is 2.33. The van der Waals surface area contributed by atoms with Gasteiger partial charge in [0.25, 0.3) is 11.8 Å². The highest BCUT2D eigenvalue weighted by Crippen LogP contribution is 2.34. The second-order valence-corrected chi connectivity index (χ2v) is 8.76. The monoisotopic (exact) mass is 506 g/mol. The van der Waals surface area contributed by atoms with Gasteiger partial charge in [0.15, 0.2) is 18.1 Å². The van der Waals surface area contributed by atoms with Crippen LogP contribution in [0.3, 0.4) is 0 Å². The third kappa shape index (κ3) is 6.70. The maximum atomic E-state index is 12.5. The molecule has 0 saturated carbocycles. The third-order valence-electron chi connectivity index (χ3n) is 4.20. The van der Waals surface area contributed by atoms with Crippen LogP contribution in [0.4, 0.5) is 5.69 Å². The first-order valence-corrected chi connectivity index (χ1v) is 11.3.